The summed E-state index contributed by atoms with van der Waals surface area (Å²) in [6, 6.07) is 17.4. The molecule has 0 aliphatic carbocycles. The van der Waals surface area contributed by atoms with Crippen LogP contribution in [0.5, 0.6) is 0 Å². The van der Waals surface area contributed by atoms with Crippen LogP contribution in [0.3, 0.4) is 0 Å². The van der Waals surface area contributed by atoms with Crippen molar-refractivity contribution in [3.63, 3.8) is 0 Å². The summed E-state index contributed by atoms with van der Waals surface area (Å²) in [6.45, 7) is 1.04. The predicted octanol–water partition coefficient (Wildman–Crippen LogP) is 3.75. The zero-order valence-corrected chi connectivity index (χ0v) is 16.5. The molecule has 0 bridgehead atoms. The molecule has 0 unspecified atom stereocenters. The zero-order chi connectivity index (χ0) is 20.5. The highest BCUT2D eigenvalue weighted by atomic mass is 32.1. The van der Waals surface area contributed by atoms with Crippen molar-refractivity contribution in [2.24, 2.45) is 0 Å². The molecule has 150 valence electrons. The number of amides is 2. The average molecular weight is 410 g/mol. The number of carboxylic acid groups (broad SMARTS) is 1. The van der Waals surface area contributed by atoms with Gasteiger partial charge in [0.25, 0.3) is 0 Å². The number of benzene rings is 2. The van der Waals surface area contributed by atoms with E-state index in [0.29, 0.717) is 25.2 Å². The Morgan fingerprint density at radius 3 is 2.48 bits per heavy atom. The van der Waals surface area contributed by atoms with Gasteiger partial charge in [-0.05, 0) is 29.7 Å². The van der Waals surface area contributed by atoms with Gasteiger partial charge in [0.2, 0.25) is 5.91 Å². The molecule has 4 N–H and O–H groups in total. The fourth-order valence-corrected chi connectivity index (χ4v) is 3.39. The third-order valence-electron chi connectivity index (χ3n) is 4.11. The monoisotopic (exact) mass is 410 g/mol. The maximum atomic E-state index is 12.3. The Balaban J connectivity index is 1.44. The van der Waals surface area contributed by atoms with E-state index in [9.17, 15) is 9.59 Å². The number of hydrogen-bond acceptors (Lipinski definition) is 5. The van der Waals surface area contributed by atoms with E-state index < -0.39 is 6.09 Å². The number of nitrogens with zero attached hydrogens (tertiary/aromatic N) is 1. The third kappa shape index (κ3) is 6.93. The summed E-state index contributed by atoms with van der Waals surface area (Å²) in [5.41, 5.74) is 3.58. The quantitative estimate of drug-likeness (QED) is 0.430. The van der Waals surface area contributed by atoms with Gasteiger partial charge in [0.05, 0.1) is 12.1 Å². The van der Waals surface area contributed by atoms with E-state index in [2.05, 4.69) is 20.9 Å². The summed E-state index contributed by atoms with van der Waals surface area (Å²) < 4.78 is 0. The van der Waals surface area contributed by atoms with Gasteiger partial charge >= 0.3 is 6.09 Å². The van der Waals surface area contributed by atoms with Crippen molar-refractivity contribution >= 4 is 34.2 Å². The van der Waals surface area contributed by atoms with Gasteiger partial charge < -0.3 is 21.1 Å². The van der Waals surface area contributed by atoms with E-state index in [4.69, 9.17) is 5.11 Å². The van der Waals surface area contributed by atoms with Crippen LogP contribution in [0.2, 0.25) is 0 Å². The van der Waals surface area contributed by atoms with Crippen molar-refractivity contribution in [2.75, 3.05) is 17.2 Å². The van der Waals surface area contributed by atoms with Crippen molar-refractivity contribution in [1.82, 2.24) is 10.3 Å². The van der Waals surface area contributed by atoms with Gasteiger partial charge in [-0.2, -0.15) is 0 Å². The minimum atomic E-state index is -1.03. The molecule has 0 saturated carbocycles. The van der Waals surface area contributed by atoms with Gasteiger partial charge in [-0.3, -0.25) is 4.79 Å². The first-order chi connectivity index (χ1) is 14.1. The SMILES string of the molecule is O=C(O)NCCc1ccc(NC(=O)Cc2csc(NCc3ccccc3)n2)cc1. The molecular formula is C21H22N4O3S. The Kier molecular flexibility index (Phi) is 7.18. The lowest BCUT2D eigenvalue weighted by atomic mass is 10.1. The van der Waals surface area contributed by atoms with Crippen LogP contribution in [-0.4, -0.2) is 28.6 Å². The number of carbonyl (C=O) groups excluding carboxylic acids is 1. The number of aromatic nitrogens is 1. The second-order valence-corrected chi connectivity index (χ2v) is 7.25. The van der Waals surface area contributed by atoms with Crippen molar-refractivity contribution in [3.8, 4) is 0 Å². The fourth-order valence-electron chi connectivity index (χ4n) is 2.68. The molecule has 0 atom stereocenters. The lowest BCUT2D eigenvalue weighted by molar-refractivity contribution is -0.115. The summed E-state index contributed by atoms with van der Waals surface area (Å²) in [7, 11) is 0. The molecule has 0 radical (unpaired) electrons. The number of hydrogen-bond donors (Lipinski definition) is 4. The minimum absolute atomic E-state index is 0.134. The molecule has 7 nitrogen and oxygen atoms in total. The van der Waals surface area contributed by atoms with Crippen LogP contribution >= 0.6 is 11.3 Å². The van der Waals surface area contributed by atoms with Crippen LogP contribution in [0, 0.1) is 0 Å². The third-order valence-corrected chi connectivity index (χ3v) is 4.96. The molecular weight excluding hydrogens is 388 g/mol. The molecule has 0 aliphatic rings. The number of nitrogens with one attached hydrogen (secondary N) is 3. The summed E-state index contributed by atoms with van der Waals surface area (Å²) in [4.78, 5) is 27.2. The smallest absolute Gasteiger partial charge is 0.404 e. The Morgan fingerprint density at radius 1 is 1.00 bits per heavy atom. The summed E-state index contributed by atoms with van der Waals surface area (Å²) in [5, 5.41) is 19.7. The van der Waals surface area contributed by atoms with Crippen LogP contribution in [0.1, 0.15) is 16.8 Å². The molecule has 8 heteroatoms. The van der Waals surface area contributed by atoms with Gasteiger partial charge in [-0.1, -0.05) is 42.5 Å². The van der Waals surface area contributed by atoms with Gasteiger partial charge in [-0.15, -0.1) is 11.3 Å². The van der Waals surface area contributed by atoms with Gasteiger partial charge in [0.1, 0.15) is 0 Å². The highest BCUT2D eigenvalue weighted by molar-refractivity contribution is 7.13. The van der Waals surface area contributed by atoms with Crippen LogP contribution in [0.25, 0.3) is 0 Å². The van der Waals surface area contributed by atoms with Crippen molar-refractivity contribution in [3.05, 3.63) is 76.8 Å². The molecule has 1 heterocycles. The van der Waals surface area contributed by atoms with Crippen LogP contribution in [0.4, 0.5) is 15.6 Å². The molecule has 0 saturated heterocycles. The molecule has 2 amide bonds. The standard InChI is InChI=1S/C21H22N4O3S/c26-19(24-17-8-6-15(7-9-17)10-11-22-21(27)28)12-18-14-29-20(25-18)23-13-16-4-2-1-3-5-16/h1-9,14,22H,10-13H2,(H,23,25)(H,24,26)(H,27,28). The predicted molar refractivity (Wildman–Crippen MR) is 114 cm³/mol. The van der Waals surface area contributed by atoms with Crippen molar-refractivity contribution in [1.29, 1.82) is 0 Å². The molecule has 3 rings (SSSR count). The first-order valence-electron chi connectivity index (χ1n) is 9.16. The fraction of sp³-hybridized carbons (Fsp3) is 0.190. The van der Waals surface area contributed by atoms with Crippen LogP contribution in [0.15, 0.2) is 60.0 Å². The molecule has 0 fully saturated rings. The highest BCUT2D eigenvalue weighted by Crippen LogP contribution is 2.17. The van der Waals surface area contributed by atoms with Crippen LogP contribution < -0.4 is 16.0 Å². The molecule has 1 aromatic heterocycles. The van der Waals surface area contributed by atoms with Crippen LogP contribution in [-0.2, 0) is 24.2 Å². The molecule has 3 aromatic rings. The van der Waals surface area contributed by atoms with E-state index in [1.54, 1.807) is 0 Å². The lowest BCUT2D eigenvalue weighted by Gasteiger charge is -2.06. The maximum Gasteiger partial charge on any atom is 0.404 e. The number of thiazole rings is 1. The zero-order valence-electron chi connectivity index (χ0n) is 15.7. The van der Waals surface area contributed by atoms with E-state index >= 15 is 0 Å². The topological polar surface area (TPSA) is 103 Å². The van der Waals surface area contributed by atoms with Crippen molar-refractivity contribution in [2.45, 2.75) is 19.4 Å². The van der Waals surface area contributed by atoms with Gasteiger partial charge in [0.15, 0.2) is 5.13 Å². The number of rotatable bonds is 9. The van der Waals surface area contributed by atoms with E-state index in [1.807, 2.05) is 60.0 Å². The lowest BCUT2D eigenvalue weighted by Crippen LogP contribution is -2.23. The molecule has 29 heavy (non-hydrogen) atoms. The normalized spacial score (nSPS) is 10.3. The minimum Gasteiger partial charge on any atom is -0.465 e. The second kappa shape index (κ2) is 10.2. The van der Waals surface area contributed by atoms with Gasteiger partial charge in [-0.25, -0.2) is 9.78 Å². The van der Waals surface area contributed by atoms with Gasteiger partial charge in [0, 0.05) is 24.2 Å². The first kappa shape index (κ1) is 20.3. The second-order valence-electron chi connectivity index (χ2n) is 6.39. The highest BCUT2D eigenvalue weighted by Gasteiger charge is 2.08. The molecule has 0 aliphatic heterocycles. The average Bonchev–Trinajstić information content (AvgIpc) is 3.15. The largest absolute Gasteiger partial charge is 0.465 e. The maximum absolute atomic E-state index is 12.3. The summed E-state index contributed by atoms with van der Waals surface area (Å²) in [6.07, 6.45) is -0.235. The first-order valence-corrected chi connectivity index (χ1v) is 10.0. The summed E-state index contributed by atoms with van der Waals surface area (Å²) >= 11 is 1.48. The Morgan fingerprint density at radius 2 is 1.76 bits per heavy atom. The van der Waals surface area contributed by atoms with E-state index in [1.165, 1.54) is 16.9 Å². The molecule has 2 aromatic carbocycles. The Bertz CT molecular complexity index is 942. The van der Waals surface area contributed by atoms with E-state index in [-0.39, 0.29) is 12.3 Å². The number of carbonyl (C=O) groups is 2. The molecule has 0 spiro atoms. The Labute approximate surface area is 172 Å². The van der Waals surface area contributed by atoms with E-state index in [0.717, 1.165) is 16.4 Å². The van der Waals surface area contributed by atoms with Crippen molar-refractivity contribution < 1.29 is 14.7 Å². The summed E-state index contributed by atoms with van der Waals surface area (Å²) in [5.74, 6) is -0.134. The number of anilines is 2. The Hall–Kier alpha value is -3.39.